The van der Waals surface area contributed by atoms with Gasteiger partial charge in [-0.05, 0) is 30.4 Å². The third-order valence-electron chi connectivity index (χ3n) is 5.33. The van der Waals surface area contributed by atoms with Crippen LogP contribution in [0.3, 0.4) is 0 Å². The second-order valence-corrected chi connectivity index (χ2v) is 7.08. The van der Waals surface area contributed by atoms with Crippen molar-refractivity contribution >= 4 is 22.8 Å². The smallest absolute Gasteiger partial charge is 0.321 e. The maximum absolute atomic E-state index is 12.2. The van der Waals surface area contributed by atoms with Gasteiger partial charge in [0.05, 0.1) is 11.7 Å². The Hall–Kier alpha value is -2.70. The first-order chi connectivity index (χ1) is 12.5. The van der Waals surface area contributed by atoms with E-state index in [0.29, 0.717) is 22.7 Å². The standard InChI is InChI=1S/C19H24N4O3/c1-12-6-5-8-15(13(12)2)21-19(26)22-18(25)11-23-16-9-4-3-7-14(16)17(24)10-20-23/h3-4,7,9-10,12-13,15H,5-6,8,11H2,1-2H3,(H2,21,22,25,26)/t12-,13-,15+/m1/s1. The number of carbonyl (C=O) groups is 2. The summed E-state index contributed by atoms with van der Waals surface area (Å²) in [5.74, 6) is 0.468. The lowest BCUT2D eigenvalue weighted by atomic mass is 9.78. The molecule has 1 heterocycles. The van der Waals surface area contributed by atoms with Gasteiger partial charge in [0.1, 0.15) is 6.54 Å². The van der Waals surface area contributed by atoms with Crippen LogP contribution in [0.15, 0.2) is 35.3 Å². The van der Waals surface area contributed by atoms with Crippen LogP contribution < -0.4 is 16.1 Å². The molecule has 7 heteroatoms. The molecule has 2 N–H and O–H groups in total. The number of amides is 3. The van der Waals surface area contributed by atoms with Crippen molar-refractivity contribution in [3.63, 3.8) is 0 Å². The monoisotopic (exact) mass is 356 g/mol. The lowest BCUT2D eigenvalue weighted by molar-refractivity contribution is -0.120. The van der Waals surface area contributed by atoms with Crippen LogP contribution >= 0.6 is 0 Å². The van der Waals surface area contributed by atoms with Gasteiger partial charge >= 0.3 is 6.03 Å². The van der Waals surface area contributed by atoms with Crippen molar-refractivity contribution in [1.82, 2.24) is 20.4 Å². The number of para-hydroxylation sites is 1. The third-order valence-corrected chi connectivity index (χ3v) is 5.33. The minimum Gasteiger partial charge on any atom is -0.335 e. The molecule has 0 spiro atoms. The first-order valence-electron chi connectivity index (χ1n) is 9.01. The van der Waals surface area contributed by atoms with Crippen LogP contribution in [0.2, 0.25) is 0 Å². The van der Waals surface area contributed by atoms with Gasteiger partial charge in [-0.25, -0.2) is 4.79 Å². The Morgan fingerprint density at radius 3 is 2.81 bits per heavy atom. The number of benzene rings is 1. The van der Waals surface area contributed by atoms with Crippen molar-refractivity contribution in [2.45, 2.75) is 45.7 Å². The molecular formula is C19H24N4O3. The summed E-state index contributed by atoms with van der Waals surface area (Å²) in [4.78, 5) is 36.2. The van der Waals surface area contributed by atoms with Crippen LogP contribution in [-0.4, -0.2) is 27.8 Å². The van der Waals surface area contributed by atoms with E-state index in [1.54, 1.807) is 24.3 Å². The van der Waals surface area contributed by atoms with Crippen molar-refractivity contribution < 1.29 is 9.59 Å². The highest BCUT2D eigenvalue weighted by atomic mass is 16.2. The van der Waals surface area contributed by atoms with E-state index in [2.05, 4.69) is 29.6 Å². The Morgan fingerprint density at radius 1 is 1.23 bits per heavy atom. The molecule has 26 heavy (non-hydrogen) atoms. The number of nitrogens with zero attached hydrogens (tertiary/aromatic N) is 2. The van der Waals surface area contributed by atoms with Gasteiger partial charge < -0.3 is 5.32 Å². The Kier molecular flexibility index (Phi) is 5.35. The number of imide groups is 1. The van der Waals surface area contributed by atoms with Crippen molar-refractivity contribution in [3.05, 3.63) is 40.7 Å². The fourth-order valence-corrected chi connectivity index (χ4v) is 3.58. The van der Waals surface area contributed by atoms with Crippen molar-refractivity contribution in [3.8, 4) is 0 Å². The average Bonchev–Trinajstić information content (AvgIpc) is 2.61. The van der Waals surface area contributed by atoms with Gasteiger partial charge in [-0.3, -0.25) is 19.6 Å². The summed E-state index contributed by atoms with van der Waals surface area (Å²) >= 11 is 0. The van der Waals surface area contributed by atoms with Crippen LogP contribution in [0.4, 0.5) is 4.79 Å². The van der Waals surface area contributed by atoms with E-state index in [4.69, 9.17) is 0 Å². The largest absolute Gasteiger partial charge is 0.335 e. The second-order valence-electron chi connectivity index (χ2n) is 7.08. The number of rotatable bonds is 3. The first kappa shape index (κ1) is 18.1. The number of carbonyl (C=O) groups excluding carboxylic acids is 2. The van der Waals surface area contributed by atoms with Crippen molar-refractivity contribution in [2.24, 2.45) is 11.8 Å². The SMILES string of the molecule is C[C@@H]1[C@H](C)CCC[C@@H]1NC(=O)NC(=O)Cn1ncc(=O)c2ccccc21. The summed E-state index contributed by atoms with van der Waals surface area (Å²) in [7, 11) is 0. The fourth-order valence-electron chi connectivity index (χ4n) is 3.58. The minimum atomic E-state index is -0.480. The molecule has 1 saturated carbocycles. The Labute approximate surface area is 151 Å². The molecule has 3 rings (SSSR count). The van der Waals surface area contributed by atoms with Gasteiger partial charge in [-0.2, -0.15) is 5.10 Å². The number of urea groups is 1. The summed E-state index contributed by atoms with van der Waals surface area (Å²) < 4.78 is 1.42. The number of fused-ring (bicyclic) bond motifs is 1. The van der Waals surface area contributed by atoms with Gasteiger partial charge in [0.25, 0.3) is 0 Å². The van der Waals surface area contributed by atoms with Crippen LogP contribution in [0, 0.1) is 11.8 Å². The zero-order valence-electron chi connectivity index (χ0n) is 15.1. The zero-order chi connectivity index (χ0) is 18.7. The molecule has 0 aliphatic heterocycles. The molecule has 1 aromatic heterocycles. The number of aromatic nitrogens is 2. The maximum Gasteiger partial charge on any atom is 0.321 e. The number of hydrogen-bond donors (Lipinski definition) is 2. The number of hydrogen-bond acceptors (Lipinski definition) is 4. The van der Waals surface area contributed by atoms with Crippen LogP contribution in [0.1, 0.15) is 33.1 Å². The normalized spacial score (nSPS) is 22.8. The molecule has 0 bridgehead atoms. The van der Waals surface area contributed by atoms with Crippen molar-refractivity contribution in [2.75, 3.05) is 0 Å². The van der Waals surface area contributed by atoms with E-state index in [1.165, 1.54) is 17.3 Å². The van der Waals surface area contributed by atoms with E-state index in [-0.39, 0.29) is 18.0 Å². The maximum atomic E-state index is 12.2. The van der Waals surface area contributed by atoms with Crippen molar-refractivity contribution in [1.29, 1.82) is 0 Å². The molecule has 1 aliphatic rings. The highest BCUT2D eigenvalue weighted by Crippen LogP contribution is 2.29. The Bertz CT molecular complexity index is 876. The topological polar surface area (TPSA) is 93.1 Å². The predicted molar refractivity (Wildman–Crippen MR) is 98.6 cm³/mol. The molecule has 1 fully saturated rings. The average molecular weight is 356 g/mol. The summed E-state index contributed by atoms with van der Waals surface area (Å²) in [5.41, 5.74) is 0.362. The molecule has 0 radical (unpaired) electrons. The summed E-state index contributed by atoms with van der Waals surface area (Å²) in [6.45, 7) is 4.19. The summed E-state index contributed by atoms with van der Waals surface area (Å²) in [6, 6.07) is 6.54. The van der Waals surface area contributed by atoms with Gasteiger partial charge in [0, 0.05) is 11.4 Å². The molecular weight excluding hydrogens is 332 g/mol. The highest BCUT2D eigenvalue weighted by Gasteiger charge is 2.28. The molecule has 3 atom stereocenters. The minimum absolute atomic E-state index is 0.0814. The Balaban J connectivity index is 1.63. The Morgan fingerprint density at radius 2 is 2.00 bits per heavy atom. The zero-order valence-corrected chi connectivity index (χ0v) is 15.1. The molecule has 3 amide bonds. The van der Waals surface area contributed by atoms with E-state index >= 15 is 0 Å². The fraction of sp³-hybridized carbons (Fsp3) is 0.474. The van der Waals surface area contributed by atoms with Gasteiger partial charge in [0.2, 0.25) is 11.3 Å². The molecule has 7 nitrogen and oxygen atoms in total. The lowest BCUT2D eigenvalue weighted by Gasteiger charge is -2.34. The van der Waals surface area contributed by atoms with E-state index < -0.39 is 11.9 Å². The predicted octanol–water partition coefficient (Wildman–Crippen LogP) is 2.05. The quantitative estimate of drug-likeness (QED) is 0.880. The third kappa shape index (κ3) is 3.92. The molecule has 138 valence electrons. The lowest BCUT2D eigenvalue weighted by Crippen LogP contribution is -2.49. The number of nitrogens with one attached hydrogen (secondary N) is 2. The molecule has 1 aromatic carbocycles. The van der Waals surface area contributed by atoms with Crippen LogP contribution in [-0.2, 0) is 11.3 Å². The molecule has 2 aromatic rings. The first-order valence-corrected chi connectivity index (χ1v) is 9.01. The van der Waals surface area contributed by atoms with Crippen LogP contribution in [0.5, 0.6) is 0 Å². The molecule has 0 unspecified atom stereocenters. The van der Waals surface area contributed by atoms with E-state index in [0.717, 1.165) is 12.8 Å². The molecule has 0 saturated heterocycles. The summed E-state index contributed by atoms with van der Waals surface area (Å²) in [5, 5.41) is 9.77. The van der Waals surface area contributed by atoms with E-state index in [1.807, 2.05) is 0 Å². The summed E-state index contributed by atoms with van der Waals surface area (Å²) in [6.07, 6.45) is 4.36. The van der Waals surface area contributed by atoms with E-state index in [9.17, 15) is 14.4 Å². The van der Waals surface area contributed by atoms with Gasteiger partial charge in [0.15, 0.2) is 0 Å². The second kappa shape index (κ2) is 7.68. The molecule has 1 aliphatic carbocycles. The van der Waals surface area contributed by atoms with Crippen LogP contribution in [0.25, 0.3) is 10.9 Å². The van der Waals surface area contributed by atoms with Gasteiger partial charge in [-0.15, -0.1) is 0 Å². The highest BCUT2D eigenvalue weighted by molar-refractivity contribution is 5.94. The van der Waals surface area contributed by atoms with Gasteiger partial charge in [-0.1, -0.05) is 38.8 Å².